The molecule has 1 aromatic carbocycles. The smallest absolute Gasteiger partial charge is 0.243 e. The first-order chi connectivity index (χ1) is 10.6. The van der Waals surface area contributed by atoms with Gasteiger partial charge in [-0.15, -0.1) is 5.10 Å². The first-order valence-corrected chi connectivity index (χ1v) is 7.50. The maximum Gasteiger partial charge on any atom is 0.243 e. The minimum absolute atomic E-state index is 0.111. The molecule has 22 heavy (non-hydrogen) atoms. The molecule has 0 radical (unpaired) electrons. The predicted molar refractivity (Wildman–Crippen MR) is 83.7 cm³/mol. The third-order valence-electron chi connectivity index (χ3n) is 3.78. The van der Waals surface area contributed by atoms with Crippen molar-refractivity contribution in [2.75, 3.05) is 0 Å². The van der Waals surface area contributed by atoms with Crippen LogP contribution < -0.4 is 4.74 Å². The highest BCUT2D eigenvalue weighted by molar-refractivity contribution is 6.42. The summed E-state index contributed by atoms with van der Waals surface area (Å²) in [6.07, 6.45) is 0.717. The molecule has 2 atom stereocenters. The number of fused-ring (bicyclic) bond motifs is 1. The number of aromatic nitrogens is 2. The normalized spacial score (nSPS) is 20.2. The lowest BCUT2D eigenvalue weighted by atomic mass is 9.79. The zero-order valence-corrected chi connectivity index (χ0v) is 13.2. The quantitative estimate of drug-likeness (QED) is 0.872. The second-order valence-electron chi connectivity index (χ2n) is 5.00. The molecule has 1 aliphatic heterocycles. The first-order valence-electron chi connectivity index (χ1n) is 6.74. The lowest BCUT2D eigenvalue weighted by Crippen LogP contribution is -2.31. The van der Waals surface area contributed by atoms with Gasteiger partial charge in [-0.05, 0) is 24.1 Å². The topological polar surface area (TPSA) is 85.5 Å². The Morgan fingerprint density at radius 2 is 2.18 bits per heavy atom. The summed E-state index contributed by atoms with van der Waals surface area (Å²) in [5.74, 6) is -0.845. The van der Waals surface area contributed by atoms with Gasteiger partial charge in [0.15, 0.2) is 0 Å². The number of benzene rings is 1. The average Bonchev–Trinajstić information content (AvgIpc) is 2.91. The molecule has 5 nitrogen and oxygen atoms in total. The van der Waals surface area contributed by atoms with Crippen LogP contribution in [0, 0.1) is 22.7 Å². The zero-order valence-electron chi connectivity index (χ0n) is 11.7. The molecule has 0 fully saturated rings. The zero-order chi connectivity index (χ0) is 15.9. The number of rotatable bonds is 2. The van der Waals surface area contributed by atoms with Crippen LogP contribution in [0.2, 0.25) is 10.0 Å². The van der Waals surface area contributed by atoms with Gasteiger partial charge in [-0.2, -0.15) is 5.26 Å². The molecule has 112 valence electrons. The summed E-state index contributed by atoms with van der Waals surface area (Å²) in [7, 11) is 0. The van der Waals surface area contributed by atoms with Crippen LogP contribution in [0.15, 0.2) is 18.2 Å². The Morgan fingerprint density at radius 1 is 1.41 bits per heavy atom. The van der Waals surface area contributed by atoms with Gasteiger partial charge < -0.3 is 4.74 Å². The number of nitriles is 1. The molecule has 0 amide bonds. The second-order valence-corrected chi connectivity index (χ2v) is 5.81. The van der Waals surface area contributed by atoms with Gasteiger partial charge in [-0.3, -0.25) is 10.5 Å². The summed E-state index contributed by atoms with van der Waals surface area (Å²) < 4.78 is 5.38. The molecule has 2 unspecified atom stereocenters. The SMILES string of the molecule is CCc1[nH]nc2c1C(c1ccc(Cl)c(Cl)c1)C(C#N)C(=N)O2. The number of halogens is 2. The highest BCUT2D eigenvalue weighted by Crippen LogP contribution is 2.43. The Balaban J connectivity index is 2.22. The Bertz CT molecular complexity index is 793. The molecule has 0 bridgehead atoms. The minimum Gasteiger partial charge on any atom is -0.422 e. The lowest BCUT2D eigenvalue weighted by Gasteiger charge is -2.28. The van der Waals surface area contributed by atoms with E-state index in [1.165, 1.54) is 0 Å². The van der Waals surface area contributed by atoms with Gasteiger partial charge in [-0.25, -0.2) is 0 Å². The Labute approximate surface area is 137 Å². The van der Waals surface area contributed by atoms with E-state index < -0.39 is 5.92 Å². The van der Waals surface area contributed by atoms with Crippen molar-refractivity contribution in [3.05, 3.63) is 45.1 Å². The summed E-state index contributed by atoms with van der Waals surface area (Å²) in [5, 5.41) is 25.3. The van der Waals surface area contributed by atoms with E-state index in [2.05, 4.69) is 16.3 Å². The largest absolute Gasteiger partial charge is 0.422 e. The van der Waals surface area contributed by atoms with Crippen molar-refractivity contribution >= 4 is 29.1 Å². The molecule has 3 rings (SSSR count). The standard InChI is InChI=1S/C15H12Cl2N4O/c1-2-11-13-12(7-3-4-9(16)10(17)5-7)8(6-18)14(19)22-15(13)21-20-11/h3-5,8,12,19H,2H2,1H3,(H,20,21). The number of aryl methyl sites for hydroxylation is 1. The molecule has 2 heterocycles. The van der Waals surface area contributed by atoms with Gasteiger partial charge >= 0.3 is 0 Å². The van der Waals surface area contributed by atoms with E-state index in [4.69, 9.17) is 33.3 Å². The Morgan fingerprint density at radius 3 is 2.82 bits per heavy atom. The summed E-state index contributed by atoms with van der Waals surface area (Å²) in [4.78, 5) is 0. The summed E-state index contributed by atoms with van der Waals surface area (Å²) in [6, 6.07) is 7.39. The number of aromatic amines is 1. The maximum atomic E-state index is 9.48. The molecular formula is C15H12Cl2N4O. The van der Waals surface area contributed by atoms with Crippen LogP contribution in [-0.4, -0.2) is 16.1 Å². The Hall–Kier alpha value is -2.03. The molecule has 7 heteroatoms. The number of ether oxygens (including phenoxy) is 1. The van der Waals surface area contributed by atoms with Crippen LogP contribution in [0.25, 0.3) is 0 Å². The minimum atomic E-state index is -0.729. The maximum absolute atomic E-state index is 9.48. The summed E-state index contributed by atoms with van der Waals surface area (Å²) in [5.41, 5.74) is 2.51. The van der Waals surface area contributed by atoms with E-state index in [1.807, 2.05) is 13.0 Å². The number of H-pyrrole nitrogens is 1. The fraction of sp³-hybridized carbons (Fsp3) is 0.267. The van der Waals surface area contributed by atoms with Gasteiger partial charge in [0, 0.05) is 17.2 Å². The fourth-order valence-electron chi connectivity index (χ4n) is 2.72. The molecule has 0 saturated carbocycles. The van der Waals surface area contributed by atoms with E-state index in [9.17, 15) is 5.26 Å². The molecule has 2 N–H and O–H groups in total. The van der Waals surface area contributed by atoms with E-state index >= 15 is 0 Å². The summed E-state index contributed by atoms with van der Waals surface area (Å²) >= 11 is 12.1. The third kappa shape index (κ3) is 2.25. The third-order valence-corrected chi connectivity index (χ3v) is 4.52. The van der Waals surface area contributed by atoms with Gasteiger partial charge in [0.25, 0.3) is 0 Å². The summed E-state index contributed by atoms with van der Waals surface area (Å²) in [6.45, 7) is 1.99. The van der Waals surface area contributed by atoms with Gasteiger partial charge in [-0.1, -0.05) is 36.2 Å². The molecule has 0 spiro atoms. The van der Waals surface area contributed by atoms with Crippen LogP contribution >= 0.6 is 23.2 Å². The number of hydrogen-bond acceptors (Lipinski definition) is 4. The average molecular weight is 335 g/mol. The molecular weight excluding hydrogens is 323 g/mol. The van der Waals surface area contributed by atoms with Crippen molar-refractivity contribution < 1.29 is 4.74 Å². The first kappa shape index (κ1) is 14.9. The van der Waals surface area contributed by atoms with Crippen molar-refractivity contribution in [1.29, 1.82) is 10.7 Å². The molecule has 2 aromatic rings. The lowest BCUT2D eigenvalue weighted by molar-refractivity contribution is 0.436. The highest BCUT2D eigenvalue weighted by atomic mass is 35.5. The predicted octanol–water partition coefficient (Wildman–Crippen LogP) is 3.92. The van der Waals surface area contributed by atoms with Crippen molar-refractivity contribution in [3.8, 4) is 11.9 Å². The Kier molecular flexibility index (Phi) is 3.81. The van der Waals surface area contributed by atoms with Gasteiger partial charge in [0.2, 0.25) is 11.8 Å². The van der Waals surface area contributed by atoms with Gasteiger partial charge in [0.05, 0.1) is 16.1 Å². The van der Waals surface area contributed by atoms with Crippen LogP contribution in [-0.2, 0) is 6.42 Å². The molecule has 0 aliphatic carbocycles. The molecule has 0 saturated heterocycles. The van der Waals surface area contributed by atoms with E-state index in [-0.39, 0.29) is 11.8 Å². The molecule has 1 aliphatic rings. The van der Waals surface area contributed by atoms with E-state index in [1.54, 1.807) is 12.1 Å². The number of nitrogens with one attached hydrogen (secondary N) is 2. The fourth-order valence-corrected chi connectivity index (χ4v) is 3.03. The van der Waals surface area contributed by atoms with Crippen molar-refractivity contribution in [2.24, 2.45) is 5.92 Å². The van der Waals surface area contributed by atoms with Gasteiger partial charge in [0.1, 0.15) is 5.92 Å². The second kappa shape index (κ2) is 5.64. The van der Waals surface area contributed by atoms with Crippen molar-refractivity contribution in [3.63, 3.8) is 0 Å². The molecule has 1 aromatic heterocycles. The van der Waals surface area contributed by atoms with Crippen LogP contribution in [0.1, 0.15) is 29.7 Å². The van der Waals surface area contributed by atoms with Crippen molar-refractivity contribution in [2.45, 2.75) is 19.3 Å². The van der Waals surface area contributed by atoms with E-state index in [0.717, 1.165) is 23.2 Å². The number of hydrogen-bond donors (Lipinski definition) is 2. The van der Waals surface area contributed by atoms with Crippen LogP contribution in [0.5, 0.6) is 5.88 Å². The monoisotopic (exact) mass is 334 g/mol. The van der Waals surface area contributed by atoms with Crippen molar-refractivity contribution in [1.82, 2.24) is 10.2 Å². The highest BCUT2D eigenvalue weighted by Gasteiger charge is 2.40. The van der Waals surface area contributed by atoms with E-state index in [0.29, 0.717) is 15.9 Å². The van der Waals surface area contributed by atoms with Crippen LogP contribution in [0.4, 0.5) is 0 Å². The van der Waals surface area contributed by atoms with Crippen LogP contribution in [0.3, 0.4) is 0 Å². The number of nitrogens with zero attached hydrogens (tertiary/aromatic N) is 2.